The van der Waals surface area contributed by atoms with Gasteiger partial charge in [-0.15, -0.1) is 0 Å². The van der Waals surface area contributed by atoms with Gasteiger partial charge in [-0.05, 0) is 59.2 Å². The summed E-state index contributed by atoms with van der Waals surface area (Å²) in [4.78, 5) is 9.13. The molecule has 2 aliphatic heterocycles. The number of hydrogen-bond donors (Lipinski definition) is 1. The van der Waals surface area contributed by atoms with E-state index < -0.39 is 0 Å². The van der Waals surface area contributed by atoms with Gasteiger partial charge in [-0.25, -0.2) is 0 Å². The van der Waals surface area contributed by atoms with E-state index in [0.717, 1.165) is 63.9 Å². The Balaban J connectivity index is 1.55. The maximum atomic E-state index is 5.69. The van der Waals surface area contributed by atoms with Gasteiger partial charge in [0.05, 0.1) is 18.3 Å². The predicted octanol–water partition coefficient (Wildman–Crippen LogP) is 5.81. The average Bonchev–Trinajstić information content (AvgIpc) is 3.52. The highest BCUT2D eigenvalue weighted by atomic mass is 16.5. The van der Waals surface area contributed by atoms with Crippen LogP contribution in [0.25, 0.3) is 22.2 Å². The van der Waals surface area contributed by atoms with Crippen LogP contribution < -0.4 is 10.1 Å². The quantitative estimate of drug-likeness (QED) is 0.538. The number of fused-ring (bicyclic) bond motifs is 1. The van der Waals surface area contributed by atoms with Crippen LogP contribution in [0.15, 0.2) is 72.1 Å². The number of ether oxygens (including phenoxy) is 1. The summed E-state index contributed by atoms with van der Waals surface area (Å²) in [5.41, 5.74) is 10.00. The number of nitrogens with one attached hydrogen (secondary N) is 1. The Labute approximate surface area is 182 Å². The largest absolute Gasteiger partial charge is 0.496 e. The van der Waals surface area contributed by atoms with E-state index in [1.807, 2.05) is 24.7 Å². The Morgan fingerprint density at radius 3 is 2.65 bits per heavy atom. The van der Waals surface area contributed by atoms with Crippen LogP contribution in [-0.2, 0) is 6.42 Å². The van der Waals surface area contributed by atoms with Crippen LogP contribution in [0.1, 0.15) is 40.7 Å². The number of methoxy groups -OCH3 is 1. The molecule has 5 rings (SSSR count). The van der Waals surface area contributed by atoms with Crippen molar-refractivity contribution in [2.45, 2.75) is 26.2 Å². The maximum Gasteiger partial charge on any atom is 0.124 e. The Morgan fingerprint density at radius 1 is 1.16 bits per heavy atom. The molecular weight excluding hydrogens is 382 g/mol. The van der Waals surface area contributed by atoms with E-state index in [1.54, 1.807) is 7.11 Å². The lowest BCUT2D eigenvalue weighted by atomic mass is 9.91. The van der Waals surface area contributed by atoms with E-state index in [0.29, 0.717) is 0 Å². The minimum atomic E-state index is 0.873. The normalized spacial score (nSPS) is 14.3. The molecule has 31 heavy (non-hydrogen) atoms. The second kappa shape index (κ2) is 7.88. The SMILES string of the molecule is C=C(c1ccc(C2=CN2)cc1)c1c(C)cnc2cc(OC)c(CCC3=CCC=N3)cc12. The van der Waals surface area contributed by atoms with E-state index in [1.165, 1.54) is 16.8 Å². The van der Waals surface area contributed by atoms with Gasteiger partial charge in [0.15, 0.2) is 0 Å². The van der Waals surface area contributed by atoms with Crippen molar-refractivity contribution in [2.24, 2.45) is 4.99 Å². The van der Waals surface area contributed by atoms with Crippen molar-refractivity contribution in [2.75, 3.05) is 7.11 Å². The number of aromatic nitrogens is 1. The second-order valence-electron chi connectivity index (χ2n) is 8.00. The summed E-state index contributed by atoms with van der Waals surface area (Å²) in [5.74, 6) is 0.873. The molecule has 3 heterocycles. The highest BCUT2D eigenvalue weighted by molar-refractivity contribution is 5.97. The third-order valence-electron chi connectivity index (χ3n) is 5.96. The summed E-state index contributed by atoms with van der Waals surface area (Å²) in [6, 6.07) is 12.8. The van der Waals surface area contributed by atoms with E-state index in [2.05, 4.69) is 65.2 Å². The van der Waals surface area contributed by atoms with Crippen LogP contribution >= 0.6 is 0 Å². The average molecular weight is 408 g/mol. The molecular formula is C27H25N3O. The minimum Gasteiger partial charge on any atom is -0.496 e. The van der Waals surface area contributed by atoms with Crippen LogP contribution in [0.2, 0.25) is 0 Å². The van der Waals surface area contributed by atoms with Crippen molar-refractivity contribution in [1.82, 2.24) is 10.3 Å². The lowest BCUT2D eigenvalue weighted by Gasteiger charge is -2.16. The molecule has 0 radical (unpaired) electrons. The van der Waals surface area contributed by atoms with Gasteiger partial charge in [-0.2, -0.15) is 0 Å². The number of aryl methyl sites for hydroxylation is 2. The molecule has 2 aliphatic rings. The van der Waals surface area contributed by atoms with Crippen molar-refractivity contribution in [3.63, 3.8) is 0 Å². The first kappa shape index (κ1) is 19.3. The molecule has 0 amide bonds. The molecule has 154 valence electrons. The lowest BCUT2D eigenvalue weighted by Crippen LogP contribution is -1.99. The summed E-state index contributed by atoms with van der Waals surface area (Å²) in [5, 5.41) is 4.26. The zero-order valence-corrected chi connectivity index (χ0v) is 17.9. The Morgan fingerprint density at radius 2 is 1.97 bits per heavy atom. The standard InChI is InChI=1S/C27H25N3O/c1-17-15-29-24-14-26(31-3)21(10-11-22-5-4-12-28-22)13-23(24)27(17)18(2)19-6-8-20(9-7-19)25-16-30-25/h5-9,12-16,30H,2,4,10-11H2,1,3H3. The summed E-state index contributed by atoms with van der Waals surface area (Å²) in [6.45, 7) is 6.56. The summed E-state index contributed by atoms with van der Waals surface area (Å²) in [7, 11) is 1.72. The van der Waals surface area contributed by atoms with E-state index in [4.69, 9.17) is 4.74 Å². The first-order valence-electron chi connectivity index (χ1n) is 10.6. The number of hydrogen-bond acceptors (Lipinski definition) is 4. The van der Waals surface area contributed by atoms with Gasteiger partial charge in [0.25, 0.3) is 0 Å². The smallest absolute Gasteiger partial charge is 0.124 e. The number of nitrogens with zero attached hydrogens (tertiary/aromatic N) is 2. The first-order chi connectivity index (χ1) is 15.1. The lowest BCUT2D eigenvalue weighted by molar-refractivity contribution is 0.410. The number of aliphatic imine (C=N–C) groups is 1. The van der Waals surface area contributed by atoms with E-state index in [-0.39, 0.29) is 0 Å². The molecule has 3 aromatic rings. The third kappa shape index (κ3) is 3.77. The van der Waals surface area contributed by atoms with Crippen LogP contribution in [-0.4, -0.2) is 18.3 Å². The van der Waals surface area contributed by atoms with Crippen molar-refractivity contribution in [1.29, 1.82) is 0 Å². The molecule has 0 atom stereocenters. The van der Waals surface area contributed by atoms with Crippen LogP contribution in [0.5, 0.6) is 5.75 Å². The Hall–Kier alpha value is -3.66. The minimum absolute atomic E-state index is 0.873. The molecule has 4 heteroatoms. The fourth-order valence-corrected chi connectivity index (χ4v) is 4.19. The molecule has 0 spiro atoms. The summed E-state index contributed by atoms with van der Waals surface area (Å²) >= 11 is 0. The number of benzene rings is 2. The van der Waals surface area contributed by atoms with Gasteiger partial charge in [-0.3, -0.25) is 9.98 Å². The van der Waals surface area contributed by atoms with Gasteiger partial charge in [-0.1, -0.05) is 36.9 Å². The Bertz CT molecular complexity index is 1280. The predicted molar refractivity (Wildman–Crippen MR) is 128 cm³/mol. The second-order valence-corrected chi connectivity index (χ2v) is 8.00. The molecule has 0 bridgehead atoms. The molecule has 1 aromatic heterocycles. The molecule has 2 aromatic carbocycles. The molecule has 4 nitrogen and oxygen atoms in total. The topological polar surface area (TPSA) is 56.4 Å². The highest BCUT2D eigenvalue weighted by Crippen LogP contribution is 2.35. The third-order valence-corrected chi connectivity index (χ3v) is 5.96. The maximum absolute atomic E-state index is 5.69. The van der Waals surface area contributed by atoms with Crippen molar-refractivity contribution in [3.05, 3.63) is 95.0 Å². The summed E-state index contributed by atoms with van der Waals surface area (Å²) < 4.78 is 5.69. The molecule has 1 N–H and O–H groups in total. The number of rotatable bonds is 7. The van der Waals surface area contributed by atoms with E-state index >= 15 is 0 Å². The van der Waals surface area contributed by atoms with Gasteiger partial charge in [0.1, 0.15) is 5.75 Å². The Kier molecular flexibility index (Phi) is 4.91. The van der Waals surface area contributed by atoms with Crippen LogP contribution in [0, 0.1) is 6.92 Å². The molecule has 0 fully saturated rings. The zero-order valence-electron chi connectivity index (χ0n) is 17.9. The van der Waals surface area contributed by atoms with Crippen molar-refractivity contribution >= 4 is 28.4 Å². The molecule has 0 saturated heterocycles. The molecule has 0 unspecified atom stereocenters. The van der Waals surface area contributed by atoms with Crippen LogP contribution in [0.3, 0.4) is 0 Å². The van der Waals surface area contributed by atoms with Crippen molar-refractivity contribution in [3.8, 4) is 5.75 Å². The first-order valence-corrected chi connectivity index (χ1v) is 10.6. The summed E-state index contributed by atoms with van der Waals surface area (Å²) in [6.07, 6.45) is 10.8. The fourth-order valence-electron chi connectivity index (χ4n) is 4.19. The van der Waals surface area contributed by atoms with Gasteiger partial charge in [0, 0.05) is 42.2 Å². The zero-order chi connectivity index (χ0) is 21.4. The van der Waals surface area contributed by atoms with E-state index in [9.17, 15) is 0 Å². The molecule has 0 saturated carbocycles. The van der Waals surface area contributed by atoms with Gasteiger partial charge < -0.3 is 10.1 Å². The van der Waals surface area contributed by atoms with Gasteiger partial charge in [0.2, 0.25) is 0 Å². The highest BCUT2D eigenvalue weighted by Gasteiger charge is 2.16. The monoisotopic (exact) mass is 407 g/mol. The molecule has 0 aliphatic carbocycles. The number of allylic oxidation sites excluding steroid dienone is 2. The van der Waals surface area contributed by atoms with Crippen LogP contribution in [0.4, 0.5) is 0 Å². The van der Waals surface area contributed by atoms with Gasteiger partial charge >= 0.3 is 0 Å². The number of pyridine rings is 1. The fraction of sp³-hybridized carbons (Fsp3) is 0.185. The van der Waals surface area contributed by atoms with Crippen molar-refractivity contribution < 1.29 is 4.74 Å².